The maximum atomic E-state index is 12.3. The summed E-state index contributed by atoms with van der Waals surface area (Å²) < 4.78 is 53.2. The first kappa shape index (κ1) is 26.7. The molecule has 0 unspecified atom stereocenters. The molecule has 4 amide bonds. The average molecular weight is 531 g/mol. The summed E-state index contributed by atoms with van der Waals surface area (Å²) in [6.45, 7) is 3.69. The Morgan fingerprint density at radius 3 is 1.33 bits per heavy atom. The number of rotatable bonds is 8. The maximum absolute atomic E-state index is 12.3. The summed E-state index contributed by atoms with van der Waals surface area (Å²) >= 11 is 0. The molecular formula is C24H26N4O6S2. The van der Waals surface area contributed by atoms with E-state index in [1.54, 1.807) is 48.5 Å². The molecule has 3 rings (SSSR count). The van der Waals surface area contributed by atoms with E-state index in [2.05, 4.69) is 10.6 Å². The second-order valence-electron chi connectivity index (χ2n) is 8.02. The van der Waals surface area contributed by atoms with Crippen molar-refractivity contribution < 1.29 is 26.4 Å². The minimum Gasteiger partial charge on any atom is -0.333 e. The number of hydrogen-bond acceptors (Lipinski definition) is 6. The van der Waals surface area contributed by atoms with E-state index < -0.39 is 32.1 Å². The average Bonchev–Trinajstić information content (AvgIpc) is 2.82. The Balaban J connectivity index is 1.51. The molecule has 3 aromatic rings. The Hall–Kier alpha value is -3.90. The Morgan fingerprint density at radius 1 is 0.611 bits per heavy atom. The van der Waals surface area contributed by atoms with E-state index >= 15 is 0 Å². The predicted octanol–water partition coefficient (Wildman–Crippen LogP) is 2.68. The second kappa shape index (κ2) is 11.2. The molecule has 0 spiro atoms. The number of sulfonamides is 2. The second-order valence-corrected chi connectivity index (χ2v) is 11.4. The molecule has 0 saturated heterocycles. The Morgan fingerprint density at radius 2 is 0.972 bits per heavy atom. The Bertz CT molecular complexity index is 1340. The van der Waals surface area contributed by atoms with Crippen LogP contribution in [-0.2, 0) is 33.1 Å². The first-order chi connectivity index (χ1) is 16.9. The zero-order chi connectivity index (χ0) is 26.3. The summed E-state index contributed by atoms with van der Waals surface area (Å²) in [5, 5.41) is 4.95. The molecule has 0 aliphatic carbocycles. The lowest BCUT2D eigenvalue weighted by molar-refractivity contribution is 0.244. The fraction of sp³-hybridized carbons (Fsp3) is 0.167. The van der Waals surface area contributed by atoms with E-state index in [0.717, 1.165) is 11.1 Å². The number of urea groups is 2. The molecule has 0 aromatic heterocycles. The van der Waals surface area contributed by atoms with Gasteiger partial charge in [0, 0.05) is 13.1 Å². The molecule has 0 aliphatic heterocycles. The van der Waals surface area contributed by atoms with E-state index in [9.17, 15) is 26.4 Å². The van der Waals surface area contributed by atoms with Crippen LogP contribution in [0.25, 0.3) is 0 Å². The summed E-state index contributed by atoms with van der Waals surface area (Å²) in [6, 6.07) is 17.2. The first-order valence-corrected chi connectivity index (χ1v) is 13.7. The molecule has 0 radical (unpaired) electrons. The van der Waals surface area contributed by atoms with Crippen molar-refractivity contribution in [1.82, 2.24) is 20.1 Å². The largest absolute Gasteiger partial charge is 0.333 e. The number of nitrogens with one attached hydrogen (secondary N) is 4. The molecule has 3 aromatic carbocycles. The molecule has 10 nitrogen and oxygen atoms in total. The fourth-order valence-corrected chi connectivity index (χ4v) is 4.94. The molecule has 0 bridgehead atoms. The minimum absolute atomic E-state index is 0.0249. The highest BCUT2D eigenvalue weighted by atomic mass is 32.2. The molecule has 0 atom stereocenters. The van der Waals surface area contributed by atoms with Gasteiger partial charge in [-0.1, -0.05) is 59.7 Å². The van der Waals surface area contributed by atoms with Crippen molar-refractivity contribution in [2.75, 3.05) is 0 Å². The van der Waals surface area contributed by atoms with Crippen molar-refractivity contribution >= 4 is 32.1 Å². The van der Waals surface area contributed by atoms with E-state index in [0.29, 0.717) is 11.1 Å². The quantitative estimate of drug-likeness (QED) is 0.352. The summed E-state index contributed by atoms with van der Waals surface area (Å²) in [5.74, 6) is 0. The molecule has 190 valence electrons. The van der Waals surface area contributed by atoms with Gasteiger partial charge >= 0.3 is 12.1 Å². The van der Waals surface area contributed by atoms with Crippen molar-refractivity contribution in [2.24, 2.45) is 0 Å². The fourth-order valence-electron chi connectivity index (χ4n) is 3.08. The van der Waals surface area contributed by atoms with Crippen molar-refractivity contribution in [2.45, 2.75) is 36.7 Å². The van der Waals surface area contributed by atoms with Gasteiger partial charge in [0.25, 0.3) is 20.0 Å². The molecule has 0 aliphatic rings. The number of benzene rings is 3. The van der Waals surface area contributed by atoms with Crippen molar-refractivity contribution in [1.29, 1.82) is 0 Å². The van der Waals surface area contributed by atoms with Gasteiger partial charge in [0.15, 0.2) is 0 Å². The van der Waals surface area contributed by atoms with Crippen molar-refractivity contribution in [3.05, 3.63) is 95.1 Å². The summed E-state index contributed by atoms with van der Waals surface area (Å²) in [5.41, 5.74) is 3.06. The SMILES string of the molecule is Cc1ccc(S(=O)(=O)NC(=O)NCc2cccc(CNC(=O)NS(=O)(=O)c3ccc(C)cc3)c2)cc1. The van der Waals surface area contributed by atoms with Gasteiger partial charge in [-0.15, -0.1) is 0 Å². The summed E-state index contributed by atoms with van der Waals surface area (Å²) in [4.78, 5) is 24.2. The van der Waals surface area contributed by atoms with Gasteiger partial charge < -0.3 is 10.6 Å². The van der Waals surface area contributed by atoms with Gasteiger partial charge in [0.1, 0.15) is 0 Å². The lowest BCUT2D eigenvalue weighted by Crippen LogP contribution is -2.39. The number of carbonyl (C=O) groups excluding carboxylic acids is 2. The highest BCUT2D eigenvalue weighted by Crippen LogP contribution is 2.11. The molecule has 0 saturated carbocycles. The maximum Gasteiger partial charge on any atom is 0.328 e. The van der Waals surface area contributed by atoms with Gasteiger partial charge in [-0.25, -0.2) is 35.9 Å². The highest BCUT2D eigenvalue weighted by Gasteiger charge is 2.18. The molecule has 4 N–H and O–H groups in total. The van der Waals surface area contributed by atoms with Crippen molar-refractivity contribution in [3.8, 4) is 0 Å². The van der Waals surface area contributed by atoms with E-state index in [1.165, 1.54) is 24.3 Å². The lowest BCUT2D eigenvalue weighted by atomic mass is 10.1. The first-order valence-electron chi connectivity index (χ1n) is 10.8. The number of hydrogen-bond donors (Lipinski definition) is 4. The third-order valence-corrected chi connectivity index (χ3v) is 7.71. The molecule has 0 fully saturated rings. The van der Waals surface area contributed by atoms with Crippen LogP contribution in [0.5, 0.6) is 0 Å². The summed E-state index contributed by atoms with van der Waals surface area (Å²) in [7, 11) is -8.02. The Labute approximate surface area is 210 Å². The predicted molar refractivity (Wildman–Crippen MR) is 134 cm³/mol. The number of aryl methyl sites for hydroxylation is 2. The van der Waals surface area contributed by atoms with Crippen LogP contribution in [-0.4, -0.2) is 28.9 Å². The smallest absolute Gasteiger partial charge is 0.328 e. The third kappa shape index (κ3) is 7.55. The molecule has 0 heterocycles. The van der Waals surface area contributed by atoms with Gasteiger partial charge in [0.2, 0.25) is 0 Å². The van der Waals surface area contributed by atoms with Crippen LogP contribution >= 0.6 is 0 Å². The van der Waals surface area contributed by atoms with E-state index in [4.69, 9.17) is 0 Å². The summed E-state index contributed by atoms with van der Waals surface area (Å²) in [6.07, 6.45) is 0. The third-order valence-electron chi connectivity index (χ3n) is 5.01. The number of carbonyl (C=O) groups is 2. The molecule has 36 heavy (non-hydrogen) atoms. The monoisotopic (exact) mass is 530 g/mol. The van der Waals surface area contributed by atoms with Gasteiger partial charge in [-0.3, -0.25) is 0 Å². The standard InChI is InChI=1S/C24H26N4O6S2/c1-17-6-10-21(11-7-17)35(31,32)27-23(29)25-15-19-4-3-5-20(14-19)16-26-24(30)28-36(33,34)22-12-8-18(2)9-13-22/h3-14H,15-16H2,1-2H3,(H2,25,27,29)(H2,26,28,30). The highest BCUT2D eigenvalue weighted by molar-refractivity contribution is 7.90. The zero-order valence-corrected chi connectivity index (χ0v) is 21.2. The number of amides is 4. The molecular weight excluding hydrogens is 504 g/mol. The van der Waals surface area contributed by atoms with Gasteiger partial charge in [-0.05, 0) is 49.2 Å². The normalized spacial score (nSPS) is 11.4. The van der Waals surface area contributed by atoms with Crippen LogP contribution in [0.1, 0.15) is 22.3 Å². The Kier molecular flexibility index (Phi) is 8.33. The van der Waals surface area contributed by atoms with Crippen LogP contribution in [0.4, 0.5) is 9.59 Å². The minimum atomic E-state index is -4.01. The van der Waals surface area contributed by atoms with E-state index in [-0.39, 0.29) is 22.9 Å². The van der Waals surface area contributed by atoms with Crippen LogP contribution in [0, 0.1) is 13.8 Å². The van der Waals surface area contributed by atoms with Gasteiger partial charge in [-0.2, -0.15) is 0 Å². The van der Waals surface area contributed by atoms with Gasteiger partial charge in [0.05, 0.1) is 9.79 Å². The van der Waals surface area contributed by atoms with Crippen LogP contribution in [0.2, 0.25) is 0 Å². The van der Waals surface area contributed by atoms with Crippen molar-refractivity contribution in [3.63, 3.8) is 0 Å². The van der Waals surface area contributed by atoms with Crippen LogP contribution < -0.4 is 20.1 Å². The lowest BCUT2D eigenvalue weighted by Gasteiger charge is -2.11. The van der Waals surface area contributed by atoms with E-state index in [1.807, 2.05) is 23.3 Å². The molecule has 12 heteroatoms. The van der Waals surface area contributed by atoms with Crippen LogP contribution in [0.3, 0.4) is 0 Å². The zero-order valence-electron chi connectivity index (χ0n) is 19.6. The topological polar surface area (TPSA) is 151 Å². The van der Waals surface area contributed by atoms with Crippen LogP contribution in [0.15, 0.2) is 82.6 Å².